The van der Waals surface area contributed by atoms with Crippen molar-refractivity contribution in [3.63, 3.8) is 0 Å². The van der Waals surface area contributed by atoms with Crippen LogP contribution in [-0.4, -0.2) is 6.04 Å². The lowest BCUT2D eigenvalue weighted by atomic mass is 9.85. The van der Waals surface area contributed by atoms with Crippen LogP contribution >= 0.6 is 0 Å². The predicted molar refractivity (Wildman–Crippen MR) is 83.2 cm³/mol. The SMILES string of the molecule is CC(C)CC(NC1CCCC(C)C1)c1ccccc1. The Morgan fingerprint density at radius 2 is 1.89 bits per heavy atom. The van der Waals surface area contributed by atoms with Crippen LogP contribution in [0.2, 0.25) is 0 Å². The molecule has 2 rings (SSSR count). The number of rotatable bonds is 5. The van der Waals surface area contributed by atoms with E-state index >= 15 is 0 Å². The molecule has 0 amide bonds. The Morgan fingerprint density at radius 1 is 1.16 bits per heavy atom. The molecular formula is C18H29N. The van der Waals surface area contributed by atoms with Crippen LogP contribution in [0, 0.1) is 11.8 Å². The summed E-state index contributed by atoms with van der Waals surface area (Å²) in [7, 11) is 0. The topological polar surface area (TPSA) is 12.0 Å². The minimum atomic E-state index is 0.525. The van der Waals surface area contributed by atoms with Crippen LogP contribution in [0.5, 0.6) is 0 Å². The Morgan fingerprint density at radius 3 is 2.53 bits per heavy atom. The molecule has 1 aliphatic rings. The van der Waals surface area contributed by atoms with Gasteiger partial charge in [0.1, 0.15) is 0 Å². The minimum absolute atomic E-state index is 0.525. The Kier molecular flexibility index (Phi) is 5.45. The summed E-state index contributed by atoms with van der Waals surface area (Å²) in [6.07, 6.45) is 6.74. The van der Waals surface area contributed by atoms with Crippen LogP contribution in [0.1, 0.15) is 64.5 Å². The van der Waals surface area contributed by atoms with E-state index in [1.807, 2.05) is 0 Å². The third-order valence-electron chi connectivity index (χ3n) is 4.28. The van der Waals surface area contributed by atoms with Crippen molar-refractivity contribution in [2.75, 3.05) is 0 Å². The summed E-state index contributed by atoms with van der Waals surface area (Å²) in [5.41, 5.74) is 1.45. The Balaban J connectivity index is 2.01. The van der Waals surface area contributed by atoms with Crippen LogP contribution in [0.4, 0.5) is 0 Å². The van der Waals surface area contributed by atoms with Crippen molar-refractivity contribution in [3.8, 4) is 0 Å². The number of benzene rings is 1. The van der Waals surface area contributed by atoms with Gasteiger partial charge in [-0.15, -0.1) is 0 Å². The third-order valence-corrected chi connectivity index (χ3v) is 4.28. The maximum Gasteiger partial charge on any atom is 0.0325 e. The van der Waals surface area contributed by atoms with E-state index in [0.29, 0.717) is 12.1 Å². The molecule has 1 aromatic rings. The normalized spacial score (nSPS) is 25.5. The zero-order valence-corrected chi connectivity index (χ0v) is 12.7. The van der Waals surface area contributed by atoms with E-state index in [2.05, 4.69) is 56.4 Å². The third kappa shape index (κ3) is 4.65. The highest BCUT2D eigenvalue weighted by Gasteiger charge is 2.22. The quantitative estimate of drug-likeness (QED) is 0.789. The molecule has 0 bridgehead atoms. The summed E-state index contributed by atoms with van der Waals surface area (Å²) in [6, 6.07) is 12.2. The van der Waals surface area contributed by atoms with Gasteiger partial charge in [0.05, 0.1) is 0 Å². The fourth-order valence-corrected chi connectivity index (χ4v) is 3.33. The van der Waals surface area contributed by atoms with Gasteiger partial charge in [0, 0.05) is 12.1 Å². The first-order chi connectivity index (χ1) is 9.15. The zero-order valence-electron chi connectivity index (χ0n) is 12.7. The second-order valence-electron chi connectivity index (χ2n) is 6.73. The average molecular weight is 259 g/mol. The van der Waals surface area contributed by atoms with Crippen molar-refractivity contribution < 1.29 is 0 Å². The van der Waals surface area contributed by atoms with Crippen LogP contribution in [-0.2, 0) is 0 Å². The van der Waals surface area contributed by atoms with Gasteiger partial charge in [-0.1, -0.05) is 63.9 Å². The van der Waals surface area contributed by atoms with Crippen LogP contribution in [0.3, 0.4) is 0 Å². The predicted octanol–water partition coefficient (Wildman–Crippen LogP) is 4.94. The van der Waals surface area contributed by atoms with Gasteiger partial charge in [-0.25, -0.2) is 0 Å². The molecule has 0 radical (unpaired) electrons. The molecule has 1 nitrogen and oxygen atoms in total. The molecular weight excluding hydrogens is 230 g/mol. The maximum absolute atomic E-state index is 3.93. The molecule has 0 spiro atoms. The molecule has 1 heteroatoms. The maximum atomic E-state index is 3.93. The molecule has 3 unspecified atom stereocenters. The Hall–Kier alpha value is -0.820. The monoisotopic (exact) mass is 259 g/mol. The summed E-state index contributed by atoms with van der Waals surface area (Å²) in [5.74, 6) is 1.63. The second kappa shape index (κ2) is 7.09. The van der Waals surface area contributed by atoms with E-state index < -0.39 is 0 Å². The van der Waals surface area contributed by atoms with Crippen LogP contribution in [0.25, 0.3) is 0 Å². The molecule has 0 aromatic heterocycles. The van der Waals surface area contributed by atoms with Gasteiger partial charge in [-0.2, -0.15) is 0 Å². The highest BCUT2D eigenvalue weighted by Crippen LogP contribution is 2.28. The van der Waals surface area contributed by atoms with E-state index in [9.17, 15) is 0 Å². The average Bonchev–Trinajstić information content (AvgIpc) is 2.38. The molecule has 0 heterocycles. The molecule has 1 aliphatic carbocycles. The lowest BCUT2D eigenvalue weighted by molar-refractivity contribution is 0.268. The molecule has 0 aliphatic heterocycles. The van der Waals surface area contributed by atoms with E-state index in [1.165, 1.54) is 37.7 Å². The van der Waals surface area contributed by atoms with Gasteiger partial charge >= 0.3 is 0 Å². The molecule has 3 atom stereocenters. The fourth-order valence-electron chi connectivity index (χ4n) is 3.33. The van der Waals surface area contributed by atoms with Gasteiger partial charge in [-0.05, 0) is 36.7 Å². The molecule has 19 heavy (non-hydrogen) atoms. The van der Waals surface area contributed by atoms with Crippen LogP contribution in [0.15, 0.2) is 30.3 Å². The lowest BCUT2D eigenvalue weighted by Crippen LogP contribution is -2.36. The second-order valence-corrected chi connectivity index (χ2v) is 6.73. The van der Waals surface area contributed by atoms with E-state index in [1.54, 1.807) is 0 Å². The van der Waals surface area contributed by atoms with Crippen molar-refractivity contribution >= 4 is 0 Å². The van der Waals surface area contributed by atoms with Gasteiger partial charge in [0.2, 0.25) is 0 Å². The lowest BCUT2D eigenvalue weighted by Gasteiger charge is -2.32. The van der Waals surface area contributed by atoms with E-state index in [-0.39, 0.29) is 0 Å². The van der Waals surface area contributed by atoms with Crippen molar-refractivity contribution in [1.29, 1.82) is 0 Å². The number of nitrogens with one attached hydrogen (secondary N) is 1. The van der Waals surface area contributed by atoms with Gasteiger partial charge in [0.25, 0.3) is 0 Å². The summed E-state index contributed by atoms with van der Waals surface area (Å²) in [4.78, 5) is 0. The largest absolute Gasteiger partial charge is 0.307 e. The van der Waals surface area contributed by atoms with Gasteiger partial charge in [-0.3, -0.25) is 0 Å². The number of hydrogen-bond acceptors (Lipinski definition) is 1. The Bertz CT molecular complexity index is 357. The van der Waals surface area contributed by atoms with Crippen molar-refractivity contribution in [2.45, 2.75) is 65.0 Å². The van der Waals surface area contributed by atoms with E-state index in [4.69, 9.17) is 0 Å². The minimum Gasteiger partial charge on any atom is -0.307 e. The van der Waals surface area contributed by atoms with Gasteiger partial charge in [0.15, 0.2) is 0 Å². The first-order valence-corrected chi connectivity index (χ1v) is 7.96. The van der Waals surface area contributed by atoms with Gasteiger partial charge < -0.3 is 5.32 Å². The number of hydrogen-bond donors (Lipinski definition) is 1. The highest BCUT2D eigenvalue weighted by atomic mass is 15.0. The molecule has 1 N–H and O–H groups in total. The molecule has 1 aromatic carbocycles. The molecule has 1 saturated carbocycles. The zero-order chi connectivity index (χ0) is 13.7. The first-order valence-electron chi connectivity index (χ1n) is 7.96. The smallest absolute Gasteiger partial charge is 0.0325 e. The van der Waals surface area contributed by atoms with Crippen molar-refractivity contribution in [1.82, 2.24) is 5.32 Å². The van der Waals surface area contributed by atoms with Crippen molar-refractivity contribution in [2.24, 2.45) is 11.8 Å². The first kappa shape index (κ1) is 14.6. The summed E-state index contributed by atoms with van der Waals surface area (Å²) < 4.78 is 0. The Labute approximate surface area is 118 Å². The summed E-state index contributed by atoms with van der Waals surface area (Å²) >= 11 is 0. The van der Waals surface area contributed by atoms with Crippen molar-refractivity contribution in [3.05, 3.63) is 35.9 Å². The summed E-state index contributed by atoms with van der Waals surface area (Å²) in [5, 5.41) is 3.93. The molecule has 106 valence electrons. The fraction of sp³-hybridized carbons (Fsp3) is 0.667. The molecule has 1 fully saturated rings. The van der Waals surface area contributed by atoms with E-state index in [0.717, 1.165) is 11.8 Å². The summed E-state index contributed by atoms with van der Waals surface area (Å²) in [6.45, 7) is 7.04. The standard InChI is InChI=1S/C18H29N/c1-14(2)12-18(16-9-5-4-6-10-16)19-17-11-7-8-15(3)13-17/h4-6,9-10,14-15,17-19H,7-8,11-13H2,1-3H3. The molecule has 0 saturated heterocycles. The highest BCUT2D eigenvalue weighted by molar-refractivity contribution is 5.19. The van der Waals surface area contributed by atoms with Crippen LogP contribution < -0.4 is 5.32 Å².